The predicted molar refractivity (Wildman–Crippen MR) is 92.4 cm³/mol. The number of ketones is 1. The fraction of sp³-hybridized carbons (Fsp3) is 0.167. The van der Waals surface area contributed by atoms with Crippen molar-refractivity contribution in [1.82, 2.24) is 0 Å². The van der Waals surface area contributed by atoms with Crippen molar-refractivity contribution >= 4 is 39.0 Å². The highest BCUT2D eigenvalue weighted by molar-refractivity contribution is 7.98. The maximum absolute atomic E-state index is 12.6. The third-order valence-corrected chi connectivity index (χ3v) is 5.87. The molecule has 0 fully saturated rings. The molecule has 0 bridgehead atoms. The van der Waals surface area contributed by atoms with E-state index >= 15 is 0 Å². The van der Waals surface area contributed by atoms with Gasteiger partial charge in [-0.1, -0.05) is 36.4 Å². The molecule has 0 N–H and O–H groups in total. The minimum Gasteiger partial charge on any atom is -0.483 e. The van der Waals surface area contributed by atoms with E-state index in [0.717, 1.165) is 31.2 Å². The van der Waals surface area contributed by atoms with Crippen LogP contribution in [0.3, 0.4) is 0 Å². The summed E-state index contributed by atoms with van der Waals surface area (Å²) in [5.74, 6) is 0.957. The van der Waals surface area contributed by atoms with Gasteiger partial charge in [-0.05, 0) is 24.0 Å². The number of thiophene rings is 1. The van der Waals surface area contributed by atoms with Crippen molar-refractivity contribution in [1.29, 1.82) is 0 Å². The minimum atomic E-state index is -0.186. The van der Waals surface area contributed by atoms with Gasteiger partial charge in [0.1, 0.15) is 11.0 Å². The van der Waals surface area contributed by atoms with E-state index in [2.05, 4.69) is 18.4 Å². The highest BCUT2D eigenvalue weighted by Crippen LogP contribution is 2.47. The van der Waals surface area contributed by atoms with E-state index in [1.165, 1.54) is 0 Å². The molecule has 1 aliphatic rings. The molecule has 1 aliphatic heterocycles. The van der Waals surface area contributed by atoms with Crippen molar-refractivity contribution in [3.8, 4) is 5.75 Å². The molecule has 110 valence electrons. The molecular formula is C18H14O2S2. The van der Waals surface area contributed by atoms with Crippen molar-refractivity contribution in [2.45, 2.75) is 17.4 Å². The number of carbonyl (C=O) groups excluding carboxylic acids is 1. The molecule has 0 aliphatic carbocycles. The Kier molecular flexibility index (Phi) is 3.43. The molecule has 0 spiro atoms. The number of carbonyl (C=O) groups is 1. The van der Waals surface area contributed by atoms with Crippen LogP contribution >= 0.6 is 23.1 Å². The zero-order chi connectivity index (χ0) is 15.1. The molecule has 2 heterocycles. The third-order valence-electron chi connectivity index (χ3n) is 3.91. The lowest BCUT2D eigenvalue weighted by Gasteiger charge is -2.24. The Balaban J connectivity index is 1.87. The number of thioether (sulfide) groups is 1. The Morgan fingerprint density at radius 1 is 1.14 bits per heavy atom. The fourth-order valence-corrected chi connectivity index (χ4v) is 4.65. The lowest BCUT2D eigenvalue weighted by molar-refractivity contribution is 0.0860. The van der Waals surface area contributed by atoms with Gasteiger partial charge in [0, 0.05) is 15.0 Å². The van der Waals surface area contributed by atoms with E-state index in [-0.39, 0.29) is 11.9 Å². The largest absolute Gasteiger partial charge is 0.483 e. The number of hydrogen-bond acceptors (Lipinski definition) is 4. The summed E-state index contributed by atoms with van der Waals surface area (Å²) in [6, 6.07) is 16.2. The molecule has 22 heavy (non-hydrogen) atoms. The number of hydrogen-bond donors (Lipinski definition) is 0. The zero-order valence-corrected chi connectivity index (χ0v) is 13.7. The topological polar surface area (TPSA) is 26.3 Å². The van der Waals surface area contributed by atoms with Crippen LogP contribution in [0, 0.1) is 0 Å². The van der Waals surface area contributed by atoms with Crippen molar-refractivity contribution in [2.75, 3.05) is 6.26 Å². The third kappa shape index (κ3) is 2.14. The van der Waals surface area contributed by atoms with Gasteiger partial charge in [-0.3, -0.25) is 4.79 Å². The van der Waals surface area contributed by atoms with Crippen molar-refractivity contribution in [3.05, 3.63) is 59.0 Å². The van der Waals surface area contributed by atoms with Gasteiger partial charge in [0.05, 0.1) is 6.42 Å². The van der Waals surface area contributed by atoms with Gasteiger partial charge in [0.25, 0.3) is 0 Å². The van der Waals surface area contributed by atoms with E-state index < -0.39 is 0 Å². The van der Waals surface area contributed by atoms with Gasteiger partial charge >= 0.3 is 0 Å². The summed E-state index contributed by atoms with van der Waals surface area (Å²) in [6.45, 7) is 0. The Hall–Kier alpha value is -1.78. The molecule has 2 nitrogen and oxygen atoms in total. The second kappa shape index (κ2) is 5.45. The van der Waals surface area contributed by atoms with Gasteiger partial charge in [-0.2, -0.15) is 0 Å². The molecule has 3 aromatic rings. The van der Waals surface area contributed by atoms with Crippen LogP contribution < -0.4 is 4.74 Å². The molecule has 0 radical (unpaired) electrons. The van der Waals surface area contributed by atoms with Crippen molar-refractivity contribution < 1.29 is 9.53 Å². The van der Waals surface area contributed by atoms with E-state index in [9.17, 15) is 4.79 Å². The number of fused-ring (bicyclic) bond motifs is 3. The molecular weight excluding hydrogens is 312 g/mol. The second-order valence-electron chi connectivity index (χ2n) is 5.24. The van der Waals surface area contributed by atoms with Crippen LogP contribution in [0.2, 0.25) is 0 Å². The van der Waals surface area contributed by atoms with E-state index in [0.29, 0.717) is 6.42 Å². The summed E-state index contributed by atoms with van der Waals surface area (Å²) in [5, 5.41) is 1.09. The first kappa shape index (κ1) is 13.9. The average Bonchev–Trinajstić information content (AvgIpc) is 2.95. The van der Waals surface area contributed by atoms with Gasteiger partial charge in [0.15, 0.2) is 11.5 Å². The average molecular weight is 326 g/mol. The Bertz CT molecular complexity index is 852. The van der Waals surface area contributed by atoms with Crippen molar-refractivity contribution in [2.24, 2.45) is 0 Å². The van der Waals surface area contributed by atoms with E-state index in [1.807, 2.05) is 36.4 Å². The lowest BCUT2D eigenvalue weighted by Crippen LogP contribution is -2.18. The summed E-state index contributed by atoms with van der Waals surface area (Å²) in [7, 11) is 0. The molecule has 1 unspecified atom stereocenters. The smallest absolute Gasteiger partial charge is 0.180 e. The van der Waals surface area contributed by atoms with Gasteiger partial charge in [-0.25, -0.2) is 0 Å². The van der Waals surface area contributed by atoms with Crippen molar-refractivity contribution in [3.63, 3.8) is 0 Å². The van der Waals surface area contributed by atoms with Crippen LogP contribution in [0.25, 0.3) is 10.1 Å². The molecule has 1 atom stereocenters. The molecule has 4 heteroatoms. The first-order chi connectivity index (χ1) is 10.8. The predicted octanol–water partition coefficient (Wildman–Crippen LogP) is 5.33. The molecule has 0 saturated carbocycles. The zero-order valence-electron chi connectivity index (χ0n) is 12.0. The first-order valence-corrected chi connectivity index (χ1v) is 9.16. The molecule has 1 aromatic heterocycles. The Morgan fingerprint density at radius 3 is 2.73 bits per heavy atom. The van der Waals surface area contributed by atoms with Gasteiger partial charge < -0.3 is 4.74 Å². The second-order valence-corrected chi connectivity index (χ2v) is 7.14. The lowest BCUT2D eigenvalue weighted by atomic mass is 10.0. The Labute approximate surface area is 137 Å². The van der Waals surface area contributed by atoms with Gasteiger partial charge in [0.2, 0.25) is 0 Å². The van der Waals surface area contributed by atoms with Crippen LogP contribution in [-0.2, 0) is 0 Å². The Morgan fingerprint density at radius 2 is 1.95 bits per heavy atom. The summed E-state index contributed by atoms with van der Waals surface area (Å²) < 4.78 is 7.38. The fourth-order valence-electron chi connectivity index (χ4n) is 2.85. The number of rotatable bonds is 2. The maximum Gasteiger partial charge on any atom is 0.180 e. The summed E-state index contributed by atoms with van der Waals surface area (Å²) in [6.07, 6.45) is 2.28. The van der Waals surface area contributed by atoms with Crippen LogP contribution in [-0.4, -0.2) is 12.0 Å². The van der Waals surface area contributed by atoms with E-state index in [4.69, 9.17) is 4.74 Å². The standard InChI is InChI=1S/C18H14O2S2/c1-21-14-8-5-9-15-16(14)17-18(22-15)12(19)10-13(20-17)11-6-3-2-4-7-11/h2-9,13H,10H2,1H3. The SMILES string of the molecule is CSc1cccc2sc3c(c12)OC(c1ccccc1)CC3=O. The first-order valence-electron chi connectivity index (χ1n) is 7.12. The highest BCUT2D eigenvalue weighted by Gasteiger charge is 2.31. The van der Waals surface area contributed by atoms with Crippen LogP contribution in [0.15, 0.2) is 53.4 Å². The van der Waals surface area contributed by atoms with Crippen LogP contribution in [0.5, 0.6) is 5.75 Å². The summed E-state index contributed by atoms with van der Waals surface area (Å²) in [5.41, 5.74) is 1.06. The summed E-state index contributed by atoms with van der Waals surface area (Å²) in [4.78, 5) is 14.5. The number of Topliss-reactive ketones (excluding diaryl/α,β-unsaturated/α-hetero) is 1. The molecule has 2 aromatic carbocycles. The molecule has 0 saturated heterocycles. The quantitative estimate of drug-likeness (QED) is 0.595. The van der Waals surface area contributed by atoms with Crippen LogP contribution in [0.1, 0.15) is 27.8 Å². The summed E-state index contributed by atoms with van der Waals surface area (Å²) >= 11 is 3.24. The molecule has 4 rings (SSSR count). The maximum atomic E-state index is 12.6. The van der Waals surface area contributed by atoms with Gasteiger partial charge in [-0.15, -0.1) is 23.1 Å². The monoisotopic (exact) mass is 326 g/mol. The number of ether oxygens (including phenoxy) is 1. The van der Waals surface area contributed by atoms with E-state index in [1.54, 1.807) is 23.1 Å². The number of benzene rings is 2. The van der Waals surface area contributed by atoms with Crippen LogP contribution in [0.4, 0.5) is 0 Å². The normalized spacial score (nSPS) is 17.3. The highest BCUT2D eigenvalue weighted by atomic mass is 32.2. The molecule has 0 amide bonds. The minimum absolute atomic E-state index is 0.184.